The highest BCUT2D eigenvalue weighted by Gasteiger charge is 2.37. The van der Waals surface area contributed by atoms with E-state index in [4.69, 9.17) is 11.6 Å². The number of ketones is 1. The fourth-order valence-electron chi connectivity index (χ4n) is 4.29. The minimum Gasteiger partial charge on any atom is -0.358 e. The van der Waals surface area contributed by atoms with Crippen molar-refractivity contribution in [3.8, 4) is 0 Å². The van der Waals surface area contributed by atoms with E-state index in [2.05, 4.69) is 24.1 Å². The Morgan fingerprint density at radius 3 is 2.50 bits per heavy atom. The average molecular weight is 375 g/mol. The maximum absolute atomic E-state index is 13.1. The third-order valence-electron chi connectivity index (χ3n) is 6.24. The molecule has 1 aliphatic heterocycles. The summed E-state index contributed by atoms with van der Waals surface area (Å²) in [5, 5.41) is 4.28. The summed E-state index contributed by atoms with van der Waals surface area (Å²) in [5.41, 5.74) is 3.16. The number of anilines is 1. The van der Waals surface area contributed by atoms with Gasteiger partial charge in [-0.15, -0.1) is 0 Å². The summed E-state index contributed by atoms with van der Waals surface area (Å²) in [6.07, 6.45) is 7.50. The lowest BCUT2D eigenvalue weighted by molar-refractivity contribution is -0.119. The number of benzene rings is 1. The second kappa shape index (κ2) is 8.58. The third-order valence-corrected chi connectivity index (χ3v) is 6.47. The third kappa shape index (κ3) is 4.50. The molecule has 1 aromatic rings. The van der Waals surface area contributed by atoms with Crippen molar-refractivity contribution >= 4 is 23.1 Å². The molecule has 1 N–H and O–H groups in total. The Balaban J connectivity index is 1.90. The van der Waals surface area contributed by atoms with Gasteiger partial charge in [0.15, 0.2) is 5.78 Å². The van der Waals surface area contributed by atoms with Crippen LogP contribution in [0, 0.1) is 5.41 Å². The number of nitrogens with zero attached hydrogens (tertiary/aromatic N) is 1. The number of rotatable bonds is 6. The standard InChI is InChI=1S/C22H31ClN2O/c1-3-22(4-2)14-20(24-18-10-8-9-17(23)13-18)19(21(26)15-22)16-25-11-6-5-7-12-25/h8-10,13,24H,3-7,11-12,14-16H2,1-2H3. The minimum atomic E-state index is 0.0867. The fourth-order valence-corrected chi connectivity index (χ4v) is 4.48. The highest BCUT2D eigenvalue weighted by molar-refractivity contribution is 6.30. The zero-order chi connectivity index (χ0) is 18.6. The number of hydrogen-bond acceptors (Lipinski definition) is 3. The molecule has 0 aromatic heterocycles. The van der Waals surface area contributed by atoms with E-state index in [-0.39, 0.29) is 5.41 Å². The molecule has 4 heteroatoms. The monoisotopic (exact) mass is 374 g/mol. The predicted molar refractivity (Wildman–Crippen MR) is 110 cm³/mol. The van der Waals surface area contributed by atoms with Crippen LogP contribution in [0.5, 0.6) is 0 Å². The van der Waals surface area contributed by atoms with Crippen LogP contribution >= 0.6 is 11.6 Å². The van der Waals surface area contributed by atoms with E-state index in [1.807, 2.05) is 24.3 Å². The maximum Gasteiger partial charge on any atom is 0.162 e. The Labute approximate surface area is 162 Å². The first kappa shape index (κ1) is 19.4. The Kier molecular flexibility index (Phi) is 6.42. The lowest BCUT2D eigenvalue weighted by Crippen LogP contribution is -2.38. The van der Waals surface area contributed by atoms with Gasteiger partial charge in [-0.3, -0.25) is 9.69 Å². The molecule has 1 aliphatic carbocycles. The van der Waals surface area contributed by atoms with E-state index in [0.717, 1.165) is 55.9 Å². The molecule has 2 aliphatic rings. The molecule has 0 radical (unpaired) electrons. The van der Waals surface area contributed by atoms with Gasteiger partial charge < -0.3 is 5.32 Å². The summed E-state index contributed by atoms with van der Waals surface area (Å²) in [6, 6.07) is 7.79. The van der Waals surface area contributed by atoms with Crippen molar-refractivity contribution < 1.29 is 4.79 Å². The quantitative estimate of drug-likeness (QED) is 0.697. The maximum atomic E-state index is 13.1. The van der Waals surface area contributed by atoms with Crippen molar-refractivity contribution in [2.75, 3.05) is 25.0 Å². The van der Waals surface area contributed by atoms with Crippen molar-refractivity contribution in [3.05, 3.63) is 40.6 Å². The van der Waals surface area contributed by atoms with Gasteiger partial charge in [-0.2, -0.15) is 0 Å². The van der Waals surface area contributed by atoms with Crippen LogP contribution in [-0.2, 0) is 4.79 Å². The van der Waals surface area contributed by atoms with Gasteiger partial charge in [0.25, 0.3) is 0 Å². The van der Waals surface area contributed by atoms with Crippen molar-refractivity contribution in [3.63, 3.8) is 0 Å². The Bertz CT molecular complexity index is 672. The molecule has 142 valence electrons. The van der Waals surface area contributed by atoms with E-state index in [1.54, 1.807) is 0 Å². The van der Waals surface area contributed by atoms with E-state index in [9.17, 15) is 4.79 Å². The molecule has 0 spiro atoms. The number of allylic oxidation sites excluding steroid dienone is 1. The molecule has 1 saturated heterocycles. The van der Waals surface area contributed by atoms with Gasteiger partial charge in [0.1, 0.15) is 0 Å². The molecule has 3 rings (SSSR count). The van der Waals surface area contributed by atoms with Gasteiger partial charge in [-0.1, -0.05) is 37.9 Å². The van der Waals surface area contributed by atoms with Crippen LogP contribution in [0.15, 0.2) is 35.5 Å². The molecule has 1 heterocycles. The topological polar surface area (TPSA) is 32.3 Å². The summed E-state index contributed by atoms with van der Waals surface area (Å²) in [7, 11) is 0. The second-order valence-electron chi connectivity index (χ2n) is 7.91. The van der Waals surface area contributed by atoms with Gasteiger partial charge in [0.2, 0.25) is 0 Å². The molecule has 0 bridgehead atoms. The molecule has 0 atom stereocenters. The number of hydrogen-bond donors (Lipinski definition) is 1. The van der Waals surface area contributed by atoms with Crippen molar-refractivity contribution in [2.45, 2.75) is 58.8 Å². The van der Waals surface area contributed by atoms with Crippen LogP contribution in [0.3, 0.4) is 0 Å². The highest BCUT2D eigenvalue weighted by Crippen LogP contribution is 2.43. The van der Waals surface area contributed by atoms with Crippen LogP contribution in [0.25, 0.3) is 0 Å². The largest absolute Gasteiger partial charge is 0.358 e. The Morgan fingerprint density at radius 2 is 1.85 bits per heavy atom. The van der Waals surface area contributed by atoms with Crippen LogP contribution in [0.1, 0.15) is 58.8 Å². The lowest BCUT2D eigenvalue weighted by Gasteiger charge is -2.39. The molecule has 3 nitrogen and oxygen atoms in total. The highest BCUT2D eigenvalue weighted by atomic mass is 35.5. The number of halogens is 1. The van der Waals surface area contributed by atoms with Gasteiger partial charge in [-0.05, 0) is 68.8 Å². The number of carbonyl (C=O) groups excluding carboxylic acids is 1. The van der Waals surface area contributed by atoms with Crippen LogP contribution in [-0.4, -0.2) is 30.3 Å². The number of likely N-dealkylation sites (tertiary alicyclic amines) is 1. The van der Waals surface area contributed by atoms with E-state index < -0.39 is 0 Å². The van der Waals surface area contributed by atoms with Crippen molar-refractivity contribution in [1.29, 1.82) is 0 Å². The zero-order valence-electron chi connectivity index (χ0n) is 16.1. The van der Waals surface area contributed by atoms with Crippen LogP contribution < -0.4 is 5.32 Å². The molecule has 26 heavy (non-hydrogen) atoms. The molecule has 1 aromatic carbocycles. The fraction of sp³-hybridized carbons (Fsp3) is 0.591. The molecule has 0 saturated carbocycles. The van der Waals surface area contributed by atoms with Crippen LogP contribution in [0.2, 0.25) is 5.02 Å². The van der Waals surface area contributed by atoms with Gasteiger partial charge in [0, 0.05) is 34.9 Å². The minimum absolute atomic E-state index is 0.0867. The van der Waals surface area contributed by atoms with Gasteiger partial charge >= 0.3 is 0 Å². The van der Waals surface area contributed by atoms with Crippen molar-refractivity contribution in [2.24, 2.45) is 5.41 Å². The summed E-state index contributed by atoms with van der Waals surface area (Å²) in [6.45, 7) is 7.42. The van der Waals surface area contributed by atoms with E-state index in [1.165, 1.54) is 19.3 Å². The lowest BCUT2D eigenvalue weighted by atomic mass is 9.69. The number of nitrogens with one attached hydrogen (secondary N) is 1. The average Bonchev–Trinajstić information content (AvgIpc) is 2.65. The predicted octanol–water partition coefficient (Wildman–Crippen LogP) is 5.66. The number of Topliss-reactive ketones (excluding diaryl/α,β-unsaturated/α-hetero) is 1. The zero-order valence-corrected chi connectivity index (χ0v) is 16.9. The summed E-state index contributed by atoms with van der Waals surface area (Å²) in [5.74, 6) is 0.329. The first-order valence-corrected chi connectivity index (χ1v) is 10.4. The normalized spacial score (nSPS) is 21.1. The van der Waals surface area contributed by atoms with E-state index >= 15 is 0 Å². The van der Waals surface area contributed by atoms with Gasteiger partial charge in [0.05, 0.1) is 0 Å². The molecule has 1 fully saturated rings. The van der Waals surface area contributed by atoms with Crippen molar-refractivity contribution in [1.82, 2.24) is 4.90 Å². The molecular weight excluding hydrogens is 344 g/mol. The Morgan fingerprint density at radius 1 is 1.12 bits per heavy atom. The molecular formula is C22H31ClN2O. The molecule has 0 unspecified atom stereocenters. The summed E-state index contributed by atoms with van der Waals surface area (Å²) < 4.78 is 0. The van der Waals surface area contributed by atoms with Crippen LogP contribution in [0.4, 0.5) is 5.69 Å². The second-order valence-corrected chi connectivity index (χ2v) is 8.35. The number of carbonyl (C=O) groups is 1. The summed E-state index contributed by atoms with van der Waals surface area (Å²) in [4.78, 5) is 15.6. The molecule has 0 amide bonds. The summed E-state index contributed by atoms with van der Waals surface area (Å²) >= 11 is 6.16. The van der Waals surface area contributed by atoms with E-state index in [0.29, 0.717) is 17.2 Å². The first-order valence-electron chi connectivity index (χ1n) is 10.1. The van der Waals surface area contributed by atoms with Gasteiger partial charge in [-0.25, -0.2) is 0 Å². The number of piperidine rings is 1. The first-order chi connectivity index (χ1) is 12.5. The smallest absolute Gasteiger partial charge is 0.162 e. The Hall–Kier alpha value is -1.32. The SMILES string of the molecule is CCC1(CC)CC(=O)C(CN2CCCCC2)=C(Nc2cccc(Cl)c2)C1.